The molecule has 4 aliphatic carbocycles. The maximum absolute atomic E-state index is 14.9. The molecule has 4 amide bonds. The standard InChI is InChI=1S/C41H52N6O11S2/c1-3-26-22-41(26,38(51)45-60(55,56)28-15-16-28)44-35(48)32-20-27-23-47(32)37(50)34(25-11-6-7-12-25)43-40(52)58-33-14-9-13-24(33)10-5-4-8-19-46-36(49)30-18-17-29(59(2,53)54)21-31(30)42-39(46)57-27/h3-4,8,17-18,21,24-28,32-34H,1,5-7,9-16,19-20,22-23H2,2H3,(H,43,52)(H,44,48)(H,45,51)/t24-,26-,27-,32+,33-,34+,41-/m1/s1. The molecule has 1 aromatic carbocycles. The van der Waals surface area contributed by atoms with Crippen molar-refractivity contribution in [2.24, 2.45) is 17.8 Å². The molecule has 0 unspecified atom stereocenters. The molecule has 2 aliphatic heterocycles. The number of sulfone groups is 1. The first-order valence-corrected chi connectivity index (χ1v) is 24.4. The van der Waals surface area contributed by atoms with E-state index in [1.165, 1.54) is 33.7 Å². The van der Waals surface area contributed by atoms with E-state index >= 15 is 0 Å². The number of hydrogen-bond acceptors (Lipinski definition) is 12. The van der Waals surface area contributed by atoms with E-state index in [2.05, 4.69) is 26.9 Å². The second kappa shape index (κ2) is 16.2. The zero-order valence-electron chi connectivity index (χ0n) is 33.5. The molecule has 3 N–H and O–H groups in total. The molecule has 60 heavy (non-hydrogen) atoms. The Morgan fingerprint density at radius 3 is 2.42 bits per heavy atom. The van der Waals surface area contributed by atoms with Crippen LogP contribution < -0.4 is 25.7 Å². The first kappa shape index (κ1) is 41.9. The number of aromatic nitrogens is 2. The third kappa shape index (κ3) is 8.43. The van der Waals surface area contributed by atoms with Gasteiger partial charge in [-0.15, -0.1) is 6.58 Å². The van der Waals surface area contributed by atoms with Crippen LogP contribution in [0.25, 0.3) is 10.9 Å². The molecule has 2 aromatic rings. The van der Waals surface area contributed by atoms with Gasteiger partial charge in [-0.25, -0.2) is 21.6 Å². The largest absolute Gasteiger partial charge is 0.459 e. The minimum Gasteiger partial charge on any atom is -0.459 e. The van der Waals surface area contributed by atoms with Crippen LogP contribution in [0.15, 0.2) is 52.7 Å². The van der Waals surface area contributed by atoms with Gasteiger partial charge in [0.15, 0.2) is 9.84 Å². The predicted octanol–water partition coefficient (Wildman–Crippen LogP) is 2.62. The molecule has 7 atom stereocenters. The second-order valence-electron chi connectivity index (χ2n) is 17.3. The monoisotopic (exact) mass is 868 g/mol. The first-order chi connectivity index (χ1) is 28.6. The summed E-state index contributed by atoms with van der Waals surface area (Å²) in [6.07, 6.45) is 11.9. The number of benzene rings is 1. The van der Waals surface area contributed by atoms with E-state index in [1.807, 2.05) is 6.08 Å². The van der Waals surface area contributed by atoms with Crippen LogP contribution in [0.3, 0.4) is 0 Å². The van der Waals surface area contributed by atoms with Crippen LogP contribution in [0.5, 0.6) is 6.01 Å². The molecule has 4 saturated carbocycles. The van der Waals surface area contributed by atoms with Gasteiger partial charge < -0.3 is 25.0 Å². The summed E-state index contributed by atoms with van der Waals surface area (Å²) < 4.78 is 66.5. The summed E-state index contributed by atoms with van der Waals surface area (Å²) in [6.45, 7) is 3.64. The van der Waals surface area contributed by atoms with Crippen LogP contribution in [0.2, 0.25) is 0 Å². The summed E-state index contributed by atoms with van der Waals surface area (Å²) in [5, 5.41) is 5.14. The Balaban J connectivity index is 1.17. The molecule has 0 spiro atoms. The van der Waals surface area contributed by atoms with Crippen LogP contribution in [0.1, 0.15) is 83.5 Å². The molecule has 19 heteroatoms. The van der Waals surface area contributed by atoms with Crippen molar-refractivity contribution in [3.63, 3.8) is 0 Å². The number of alkyl carbamates (subject to hydrolysis) is 1. The van der Waals surface area contributed by atoms with Gasteiger partial charge in [-0.1, -0.05) is 31.1 Å². The van der Waals surface area contributed by atoms with Crippen molar-refractivity contribution in [2.75, 3.05) is 12.8 Å². The van der Waals surface area contributed by atoms with Crippen LogP contribution in [-0.2, 0) is 45.5 Å². The van der Waals surface area contributed by atoms with Crippen molar-refractivity contribution in [1.29, 1.82) is 0 Å². The summed E-state index contributed by atoms with van der Waals surface area (Å²) in [5.74, 6) is -2.93. The van der Waals surface area contributed by atoms with E-state index in [1.54, 1.807) is 6.08 Å². The van der Waals surface area contributed by atoms with Gasteiger partial charge in [0, 0.05) is 25.1 Å². The molecule has 5 fully saturated rings. The molecule has 8 rings (SSSR count). The molecule has 17 nitrogen and oxygen atoms in total. The zero-order valence-corrected chi connectivity index (χ0v) is 35.2. The minimum atomic E-state index is -3.96. The Labute approximate surface area is 348 Å². The smallest absolute Gasteiger partial charge is 0.408 e. The van der Waals surface area contributed by atoms with Gasteiger partial charge in [0.1, 0.15) is 29.8 Å². The van der Waals surface area contributed by atoms with Gasteiger partial charge in [-0.2, -0.15) is 4.98 Å². The third-order valence-corrected chi connectivity index (χ3v) is 16.0. The highest BCUT2D eigenvalue weighted by Gasteiger charge is 2.62. The van der Waals surface area contributed by atoms with Gasteiger partial charge >= 0.3 is 6.09 Å². The number of hydrogen-bond donors (Lipinski definition) is 3. The molecule has 6 aliphatic rings. The predicted molar refractivity (Wildman–Crippen MR) is 218 cm³/mol. The fourth-order valence-electron chi connectivity index (χ4n) is 9.45. The van der Waals surface area contributed by atoms with Crippen molar-refractivity contribution in [3.8, 4) is 6.01 Å². The van der Waals surface area contributed by atoms with Crippen molar-refractivity contribution < 1.29 is 45.5 Å². The number of allylic oxidation sites excluding steroid dienone is 2. The number of nitrogens with zero attached hydrogens (tertiary/aromatic N) is 3. The van der Waals surface area contributed by atoms with Crippen LogP contribution in [0, 0.1) is 17.8 Å². The maximum atomic E-state index is 14.9. The Hall–Kier alpha value is -4.78. The summed E-state index contributed by atoms with van der Waals surface area (Å²) in [4.78, 5) is 76.6. The summed E-state index contributed by atoms with van der Waals surface area (Å²) in [6, 6.07) is 1.59. The lowest BCUT2D eigenvalue weighted by molar-refractivity contribution is -0.142. The highest BCUT2D eigenvalue weighted by atomic mass is 32.2. The van der Waals surface area contributed by atoms with Gasteiger partial charge in [0.2, 0.25) is 21.8 Å². The van der Waals surface area contributed by atoms with Crippen molar-refractivity contribution >= 4 is 54.6 Å². The van der Waals surface area contributed by atoms with Gasteiger partial charge in [-0.05, 0) is 94.2 Å². The van der Waals surface area contributed by atoms with E-state index in [9.17, 15) is 40.8 Å². The van der Waals surface area contributed by atoms with E-state index in [0.717, 1.165) is 38.4 Å². The molecule has 0 radical (unpaired) electrons. The lowest BCUT2D eigenvalue weighted by Crippen LogP contribution is -2.59. The van der Waals surface area contributed by atoms with Crippen molar-refractivity contribution in [1.82, 2.24) is 29.8 Å². The number of carbonyl (C=O) groups excluding carboxylic acids is 4. The van der Waals surface area contributed by atoms with Gasteiger partial charge in [0.05, 0.1) is 27.6 Å². The normalized spacial score (nSPS) is 30.2. The summed E-state index contributed by atoms with van der Waals surface area (Å²) in [5.41, 5.74) is -2.04. The number of amides is 4. The summed E-state index contributed by atoms with van der Waals surface area (Å²) in [7, 11) is -7.62. The molecular weight excluding hydrogens is 817 g/mol. The Kier molecular flexibility index (Phi) is 11.4. The van der Waals surface area contributed by atoms with Gasteiger partial charge in [0.25, 0.3) is 17.5 Å². The molecule has 1 aromatic heterocycles. The Morgan fingerprint density at radius 1 is 0.967 bits per heavy atom. The lowest BCUT2D eigenvalue weighted by Gasteiger charge is -2.32. The number of ether oxygens (including phenoxy) is 2. The third-order valence-electron chi connectivity index (χ3n) is 13.1. The minimum absolute atomic E-state index is 0.0451. The van der Waals surface area contributed by atoms with Crippen molar-refractivity contribution in [3.05, 3.63) is 53.4 Å². The average Bonchev–Trinajstić information content (AvgIpc) is 3.99. The molecular formula is C41H52N6O11S2. The molecule has 2 bridgehead atoms. The topological polar surface area (TPSA) is 229 Å². The maximum Gasteiger partial charge on any atom is 0.408 e. The number of fused-ring (bicyclic) bond motifs is 5. The highest BCUT2D eigenvalue weighted by molar-refractivity contribution is 7.91. The van der Waals surface area contributed by atoms with E-state index in [-0.39, 0.29) is 65.7 Å². The number of sulfonamides is 1. The number of nitrogens with one attached hydrogen (secondary N) is 3. The molecule has 1 saturated heterocycles. The second-order valence-corrected chi connectivity index (χ2v) is 21.3. The molecule has 324 valence electrons. The Bertz CT molecular complexity index is 2410. The van der Waals surface area contributed by atoms with Crippen molar-refractivity contribution in [2.45, 2.75) is 130 Å². The van der Waals surface area contributed by atoms with Crippen LogP contribution >= 0.6 is 0 Å². The number of rotatable bonds is 8. The Morgan fingerprint density at radius 2 is 1.72 bits per heavy atom. The quantitative estimate of drug-likeness (QED) is 0.326. The lowest BCUT2D eigenvalue weighted by atomic mass is 9.96. The average molecular weight is 869 g/mol. The highest BCUT2D eigenvalue weighted by Crippen LogP contribution is 2.46. The SMILES string of the molecule is C=C[C@@H]1C[C@]1(NC(=O)[C@@H]1C[C@@H]2CN1C(=O)[C@H](C1CCCC1)NC(=O)O[C@@H]1CCC[C@H]1CCC=CCn1c(nc3cc(S(C)(=O)=O)ccc3c1=O)O2)C(=O)NS(=O)(=O)C1CC1. The fraction of sp³-hybridized carbons (Fsp3) is 0.610. The van der Waals surface area contributed by atoms with Crippen LogP contribution in [-0.4, -0.2) is 103 Å². The fourth-order valence-corrected chi connectivity index (χ4v) is 11.5. The van der Waals surface area contributed by atoms with E-state index in [4.69, 9.17) is 9.47 Å². The van der Waals surface area contributed by atoms with E-state index < -0.39 is 84.1 Å². The van der Waals surface area contributed by atoms with Crippen LogP contribution in [0.4, 0.5) is 4.79 Å². The number of carbonyl (C=O) groups is 4. The summed E-state index contributed by atoms with van der Waals surface area (Å²) >= 11 is 0. The van der Waals surface area contributed by atoms with Gasteiger partial charge in [-0.3, -0.25) is 28.5 Å². The zero-order chi connectivity index (χ0) is 42.6. The first-order valence-electron chi connectivity index (χ1n) is 20.9. The molecule has 3 heterocycles. The van der Waals surface area contributed by atoms with E-state index in [0.29, 0.717) is 38.5 Å².